The lowest BCUT2D eigenvalue weighted by Crippen LogP contribution is -2.14. The number of benzene rings is 2. The number of halogens is 2. The summed E-state index contributed by atoms with van der Waals surface area (Å²) in [6.07, 6.45) is 1.45. The van der Waals surface area contributed by atoms with E-state index in [1.807, 2.05) is 18.2 Å². The average Bonchev–Trinajstić information content (AvgIpc) is 2.96. The summed E-state index contributed by atoms with van der Waals surface area (Å²) in [4.78, 5) is 4.11. The largest absolute Gasteiger partial charge is 0.264 e. The monoisotopic (exact) mass is 426 g/mol. The molecule has 9 heteroatoms. The first-order chi connectivity index (χ1) is 11.4. The Balaban J connectivity index is 1.76. The Morgan fingerprint density at radius 3 is 2.54 bits per heavy atom. The molecule has 0 spiro atoms. The van der Waals surface area contributed by atoms with Crippen molar-refractivity contribution in [1.29, 1.82) is 0 Å². The number of hydrogen-bond donors (Lipinski definition) is 1. The zero-order valence-corrected chi connectivity index (χ0v) is 15.4. The van der Waals surface area contributed by atoms with E-state index >= 15 is 0 Å². The fourth-order valence-electron chi connectivity index (χ4n) is 2.01. The van der Waals surface area contributed by atoms with Crippen LogP contribution in [-0.4, -0.2) is 23.2 Å². The Kier molecular flexibility index (Phi) is 4.88. The molecule has 0 unspecified atom stereocenters. The molecule has 1 N–H and O–H groups in total. The molecule has 0 saturated heterocycles. The minimum atomic E-state index is -3.73. The number of rotatable bonds is 5. The van der Waals surface area contributed by atoms with Crippen LogP contribution in [0.4, 0.5) is 5.95 Å². The minimum Gasteiger partial charge on any atom is -0.246 e. The van der Waals surface area contributed by atoms with Crippen LogP contribution in [0, 0.1) is 0 Å². The Labute approximate surface area is 152 Å². The maximum Gasteiger partial charge on any atom is 0.264 e. The predicted octanol–water partition coefficient (Wildman–Crippen LogP) is 3.54. The van der Waals surface area contributed by atoms with Gasteiger partial charge in [0.05, 0.1) is 11.4 Å². The van der Waals surface area contributed by atoms with E-state index in [2.05, 4.69) is 30.7 Å². The predicted molar refractivity (Wildman–Crippen MR) is 95.5 cm³/mol. The van der Waals surface area contributed by atoms with Gasteiger partial charge in [-0.1, -0.05) is 45.7 Å². The zero-order valence-electron chi connectivity index (χ0n) is 12.2. The summed E-state index contributed by atoms with van der Waals surface area (Å²) in [6, 6.07) is 13.6. The molecule has 124 valence electrons. The van der Waals surface area contributed by atoms with Crippen molar-refractivity contribution in [2.75, 3.05) is 4.72 Å². The Morgan fingerprint density at radius 1 is 1.12 bits per heavy atom. The molecule has 24 heavy (non-hydrogen) atoms. The zero-order chi connectivity index (χ0) is 17.2. The van der Waals surface area contributed by atoms with Crippen molar-refractivity contribution < 1.29 is 8.42 Å². The van der Waals surface area contributed by atoms with Gasteiger partial charge in [0, 0.05) is 9.50 Å². The molecule has 2 aromatic carbocycles. The number of anilines is 1. The van der Waals surface area contributed by atoms with Gasteiger partial charge in [-0.2, -0.15) is 4.98 Å². The third-order valence-corrected chi connectivity index (χ3v) is 5.42. The summed E-state index contributed by atoms with van der Waals surface area (Å²) in [5.41, 5.74) is 0.867. The summed E-state index contributed by atoms with van der Waals surface area (Å²) >= 11 is 9.37. The van der Waals surface area contributed by atoms with Gasteiger partial charge >= 0.3 is 0 Å². The van der Waals surface area contributed by atoms with E-state index < -0.39 is 10.0 Å². The van der Waals surface area contributed by atoms with Crippen LogP contribution < -0.4 is 4.72 Å². The van der Waals surface area contributed by atoms with E-state index in [0.29, 0.717) is 11.6 Å². The highest BCUT2D eigenvalue weighted by atomic mass is 79.9. The third-order valence-electron chi connectivity index (χ3n) is 3.18. The van der Waals surface area contributed by atoms with Crippen molar-refractivity contribution in [3.8, 4) is 0 Å². The molecule has 0 aliphatic rings. The number of nitrogens with one attached hydrogen (secondary N) is 1. The first kappa shape index (κ1) is 16.9. The highest BCUT2D eigenvalue weighted by molar-refractivity contribution is 9.10. The smallest absolute Gasteiger partial charge is 0.246 e. The fourth-order valence-corrected chi connectivity index (χ4v) is 3.42. The fraction of sp³-hybridized carbons (Fsp3) is 0.0667. The molecular weight excluding hydrogens is 416 g/mol. The van der Waals surface area contributed by atoms with Gasteiger partial charge in [-0.25, -0.2) is 17.8 Å². The van der Waals surface area contributed by atoms with E-state index in [1.54, 1.807) is 18.2 Å². The van der Waals surface area contributed by atoms with Gasteiger partial charge in [0.2, 0.25) is 0 Å². The van der Waals surface area contributed by atoms with Crippen LogP contribution in [0.15, 0.2) is 64.2 Å². The molecule has 0 atom stereocenters. The molecule has 1 heterocycles. The summed E-state index contributed by atoms with van der Waals surface area (Å²) in [5.74, 6) is 0.00460. The normalized spacial score (nSPS) is 11.4. The van der Waals surface area contributed by atoms with Crippen molar-refractivity contribution in [2.24, 2.45) is 0 Å². The lowest BCUT2D eigenvalue weighted by molar-refractivity contribution is 0.600. The molecule has 0 radical (unpaired) electrons. The van der Waals surface area contributed by atoms with Crippen molar-refractivity contribution in [1.82, 2.24) is 14.8 Å². The van der Waals surface area contributed by atoms with Gasteiger partial charge in [0.25, 0.3) is 16.0 Å². The molecule has 0 bridgehead atoms. The van der Waals surface area contributed by atoms with Crippen LogP contribution >= 0.6 is 27.5 Å². The third kappa shape index (κ3) is 3.95. The molecule has 0 aliphatic heterocycles. The quantitative estimate of drug-likeness (QED) is 0.675. The second-order valence-corrected chi connectivity index (χ2v) is 7.92. The number of nitrogens with zero attached hydrogens (tertiary/aromatic N) is 3. The van der Waals surface area contributed by atoms with E-state index in [9.17, 15) is 8.42 Å². The lowest BCUT2D eigenvalue weighted by atomic mass is 10.2. The van der Waals surface area contributed by atoms with Crippen LogP contribution in [0.1, 0.15) is 5.56 Å². The van der Waals surface area contributed by atoms with Gasteiger partial charge in [-0.3, -0.25) is 0 Å². The number of sulfonamides is 1. The van der Waals surface area contributed by atoms with Crippen molar-refractivity contribution in [2.45, 2.75) is 11.4 Å². The van der Waals surface area contributed by atoms with Gasteiger partial charge in [-0.15, -0.1) is 5.10 Å². The molecule has 3 aromatic rings. The lowest BCUT2D eigenvalue weighted by Gasteiger charge is -2.05. The summed E-state index contributed by atoms with van der Waals surface area (Å²) in [5, 5.41) is 4.74. The second-order valence-electron chi connectivity index (χ2n) is 4.92. The Morgan fingerprint density at radius 2 is 1.83 bits per heavy atom. The van der Waals surface area contributed by atoms with Crippen molar-refractivity contribution in [3.05, 3.63) is 69.9 Å². The van der Waals surface area contributed by atoms with Crippen LogP contribution in [0.3, 0.4) is 0 Å². The molecule has 0 amide bonds. The first-order valence-corrected chi connectivity index (χ1v) is 9.51. The maximum absolute atomic E-state index is 12.3. The van der Waals surface area contributed by atoms with Crippen molar-refractivity contribution >= 4 is 43.5 Å². The standard InChI is InChI=1S/C15H12BrClN4O2S/c16-12-5-7-13(8-6-12)24(22,23)20-15-18-10-21(19-15)9-11-3-1-2-4-14(11)17/h1-8,10H,9H2,(H,19,20). The van der Waals surface area contributed by atoms with Crippen LogP contribution in [0.25, 0.3) is 0 Å². The number of hydrogen-bond acceptors (Lipinski definition) is 4. The van der Waals surface area contributed by atoms with Gasteiger partial charge in [-0.05, 0) is 35.9 Å². The van der Waals surface area contributed by atoms with E-state index in [0.717, 1.165) is 10.0 Å². The van der Waals surface area contributed by atoms with Crippen LogP contribution in [-0.2, 0) is 16.6 Å². The molecule has 6 nitrogen and oxygen atoms in total. The number of aromatic nitrogens is 3. The molecule has 1 aromatic heterocycles. The van der Waals surface area contributed by atoms with Crippen LogP contribution in [0.2, 0.25) is 5.02 Å². The Bertz CT molecular complexity index is 958. The topological polar surface area (TPSA) is 76.9 Å². The van der Waals surface area contributed by atoms with Gasteiger partial charge in [0.15, 0.2) is 0 Å². The molecule has 0 fully saturated rings. The van der Waals surface area contributed by atoms with Crippen molar-refractivity contribution in [3.63, 3.8) is 0 Å². The SMILES string of the molecule is O=S(=O)(Nc1ncn(Cc2ccccc2Cl)n1)c1ccc(Br)cc1. The maximum atomic E-state index is 12.3. The first-order valence-electron chi connectivity index (χ1n) is 6.85. The minimum absolute atomic E-state index is 0.00460. The highest BCUT2D eigenvalue weighted by Crippen LogP contribution is 2.18. The summed E-state index contributed by atoms with van der Waals surface area (Å²) in [6.45, 7) is 0.396. The molecular formula is C15H12BrClN4O2S. The Hall–Kier alpha value is -1.90. The second kappa shape index (κ2) is 6.92. The van der Waals surface area contributed by atoms with Gasteiger partial charge in [0.1, 0.15) is 6.33 Å². The van der Waals surface area contributed by atoms with E-state index in [1.165, 1.54) is 23.1 Å². The molecule has 0 aliphatic carbocycles. The van der Waals surface area contributed by atoms with Crippen LogP contribution in [0.5, 0.6) is 0 Å². The van der Waals surface area contributed by atoms with E-state index in [4.69, 9.17) is 11.6 Å². The molecule has 3 rings (SSSR count). The summed E-state index contributed by atoms with van der Waals surface area (Å²) < 4.78 is 29.3. The average molecular weight is 428 g/mol. The molecule has 0 saturated carbocycles. The van der Waals surface area contributed by atoms with E-state index in [-0.39, 0.29) is 10.8 Å². The van der Waals surface area contributed by atoms with Gasteiger partial charge < -0.3 is 0 Å². The summed E-state index contributed by atoms with van der Waals surface area (Å²) in [7, 11) is -3.73. The highest BCUT2D eigenvalue weighted by Gasteiger charge is 2.16.